The Bertz CT molecular complexity index is 264. The van der Waals surface area contributed by atoms with Gasteiger partial charge in [0.1, 0.15) is 0 Å². The van der Waals surface area contributed by atoms with E-state index >= 15 is 0 Å². The van der Waals surface area contributed by atoms with Crippen LogP contribution in [0.3, 0.4) is 0 Å². The molecule has 2 atom stereocenters. The second-order valence-corrected chi connectivity index (χ2v) is 5.77. The van der Waals surface area contributed by atoms with E-state index in [0.717, 1.165) is 44.8 Å². The van der Waals surface area contributed by atoms with Crippen LogP contribution in [0.2, 0.25) is 0 Å². The first-order chi connectivity index (χ1) is 9.15. The predicted molar refractivity (Wildman–Crippen MR) is 87.3 cm³/mol. The number of unbranched alkanes of at least 4 members (excludes halogenated alkanes) is 1. The van der Waals surface area contributed by atoms with Crippen molar-refractivity contribution in [2.75, 3.05) is 19.6 Å². The van der Waals surface area contributed by atoms with E-state index < -0.39 is 0 Å². The van der Waals surface area contributed by atoms with Crippen LogP contribution in [0.25, 0.3) is 0 Å². The smallest absolute Gasteiger partial charge is 0.236 e. The molecule has 0 spiro atoms. The molecule has 1 rings (SSSR count). The molecule has 3 N–H and O–H groups in total. The zero-order chi connectivity index (χ0) is 14.1. The van der Waals surface area contributed by atoms with Crippen molar-refractivity contribution >= 4 is 18.3 Å². The minimum absolute atomic E-state index is 0. The molecule has 1 aliphatic rings. The Morgan fingerprint density at radius 3 is 2.80 bits per heavy atom. The van der Waals surface area contributed by atoms with Gasteiger partial charge in [-0.1, -0.05) is 19.8 Å². The Hall–Kier alpha value is -0.320. The number of nitrogens with two attached hydrogens (primary N) is 1. The first kappa shape index (κ1) is 19.7. The highest BCUT2D eigenvalue weighted by atomic mass is 35.5. The Kier molecular flexibility index (Phi) is 11.2. The summed E-state index contributed by atoms with van der Waals surface area (Å²) in [6.07, 6.45) is 8.00. The minimum atomic E-state index is -0.327. The van der Waals surface area contributed by atoms with Gasteiger partial charge in [-0.2, -0.15) is 0 Å². The van der Waals surface area contributed by atoms with Gasteiger partial charge in [0.05, 0.1) is 6.04 Å². The summed E-state index contributed by atoms with van der Waals surface area (Å²) in [7, 11) is 0. The SMILES string of the molecule is CCCC(N)C(=O)NCCCCN1CCCCC1C.Cl. The maximum absolute atomic E-state index is 11.6. The number of carbonyl (C=O) groups is 1. The number of hydrogen-bond acceptors (Lipinski definition) is 3. The topological polar surface area (TPSA) is 58.4 Å². The lowest BCUT2D eigenvalue weighted by Gasteiger charge is -2.33. The monoisotopic (exact) mass is 305 g/mol. The summed E-state index contributed by atoms with van der Waals surface area (Å²) in [4.78, 5) is 14.2. The Labute approximate surface area is 130 Å². The second-order valence-electron chi connectivity index (χ2n) is 5.77. The summed E-state index contributed by atoms with van der Waals surface area (Å²) in [6, 6.07) is 0.411. The Morgan fingerprint density at radius 1 is 1.40 bits per heavy atom. The number of rotatable bonds is 8. The highest BCUT2D eigenvalue weighted by molar-refractivity contribution is 5.85. The molecule has 1 amide bonds. The van der Waals surface area contributed by atoms with Crippen molar-refractivity contribution in [3.8, 4) is 0 Å². The molecule has 0 aromatic carbocycles. The zero-order valence-corrected chi connectivity index (χ0v) is 13.9. The van der Waals surface area contributed by atoms with Gasteiger partial charge in [0, 0.05) is 12.6 Å². The van der Waals surface area contributed by atoms with Crippen LogP contribution in [0.15, 0.2) is 0 Å². The van der Waals surface area contributed by atoms with Crippen LogP contribution in [0.4, 0.5) is 0 Å². The molecule has 2 unspecified atom stereocenters. The first-order valence-electron chi connectivity index (χ1n) is 7.92. The maximum Gasteiger partial charge on any atom is 0.236 e. The van der Waals surface area contributed by atoms with E-state index in [1.165, 1.54) is 25.8 Å². The number of likely N-dealkylation sites (tertiary alicyclic amines) is 1. The van der Waals surface area contributed by atoms with Crippen molar-refractivity contribution in [2.24, 2.45) is 5.73 Å². The zero-order valence-electron chi connectivity index (χ0n) is 13.1. The van der Waals surface area contributed by atoms with Crippen LogP contribution in [0, 0.1) is 0 Å². The van der Waals surface area contributed by atoms with Gasteiger partial charge in [-0.15, -0.1) is 12.4 Å². The van der Waals surface area contributed by atoms with Gasteiger partial charge in [0.25, 0.3) is 0 Å². The molecule has 0 bridgehead atoms. The van der Waals surface area contributed by atoms with E-state index in [2.05, 4.69) is 17.1 Å². The van der Waals surface area contributed by atoms with E-state index in [0.29, 0.717) is 0 Å². The summed E-state index contributed by atoms with van der Waals surface area (Å²) in [6.45, 7) is 7.54. The third kappa shape index (κ3) is 7.46. The molecule has 0 aliphatic carbocycles. The number of amides is 1. The molecule has 120 valence electrons. The molecular formula is C15H32ClN3O. The lowest BCUT2D eigenvalue weighted by atomic mass is 10.0. The van der Waals surface area contributed by atoms with Gasteiger partial charge in [-0.25, -0.2) is 0 Å². The summed E-state index contributed by atoms with van der Waals surface area (Å²) >= 11 is 0. The number of hydrogen-bond donors (Lipinski definition) is 2. The average molecular weight is 306 g/mol. The summed E-state index contributed by atoms with van der Waals surface area (Å²) in [5.74, 6) is 0.00758. The van der Waals surface area contributed by atoms with Crippen LogP contribution < -0.4 is 11.1 Å². The fourth-order valence-corrected chi connectivity index (χ4v) is 2.71. The summed E-state index contributed by atoms with van der Waals surface area (Å²) < 4.78 is 0. The maximum atomic E-state index is 11.6. The number of nitrogens with zero attached hydrogens (tertiary/aromatic N) is 1. The summed E-state index contributed by atoms with van der Waals surface area (Å²) in [5, 5.41) is 2.93. The van der Waals surface area contributed by atoms with E-state index in [9.17, 15) is 4.79 Å². The van der Waals surface area contributed by atoms with Gasteiger partial charge in [-0.3, -0.25) is 4.79 Å². The lowest BCUT2D eigenvalue weighted by Crippen LogP contribution is -2.41. The summed E-state index contributed by atoms with van der Waals surface area (Å²) in [5.41, 5.74) is 5.76. The van der Waals surface area contributed by atoms with E-state index in [4.69, 9.17) is 5.73 Å². The molecule has 0 radical (unpaired) electrons. The number of halogens is 1. The predicted octanol–water partition coefficient (Wildman–Crippen LogP) is 2.31. The third-order valence-corrected chi connectivity index (χ3v) is 4.05. The molecule has 1 saturated heterocycles. The van der Waals surface area contributed by atoms with Crippen molar-refractivity contribution in [3.05, 3.63) is 0 Å². The van der Waals surface area contributed by atoms with Crippen molar-refractivity contribution in [3.63, 3.8) is 0 Å². The Morgan fingerprint density at radius 2 is 2.15 bits per heavy atom. The largest absolute Gasteiger partial charge is 0.355 e. The molecular weight excluding hydrogens is 274 g/mol. The van der Waals surface area contributed by atoms with Gasteiger partial charge in [0.15, 0.2) is 0 Å². The molecule has 0 aromatic heterocycles. The molecule has 4 nitrogen and oxygen atoms in total. The van der Waals surface area contributed by atoms with Crippen LogP contribution >= 0.6 is 12.4 Å². The molecule has 1 aliphatic heterocycles. The minimum Gasteiger partial charge on any atom is -0.355 e. The van der Waals surface area contributed by atoms with Crippen molar-refractivity contribution < 1.29 is 4.79 Å². The highest BCUT2D eigenvalue weighted by Crippen LogP contribution is 2.16. The molecule has 1 heterocycles. The number of nitrogens with one attached hydrogen (secondary N) is 1. The quantitative estimate of drug-likeness (QED) is 0.677. The fourth-order valence-electron chi connectivity index (χ4n) is 2.71. The van der Waals surface area contributed by atoms with E-state index in [1.807, 2.05) is 6.92 Å². The lowest BCUT2D eigenvalue weighted by molar-refractivity contribution is -0.122. The standard InChI is InChI=1S/C15H31N3O.ClH/c1-3-8-14(16)15(19)17-10-5-7-12-18-11-6-4-9-13(18)2;/h13-14H,3-12,16H2,1-2H3,(H,17,19);1H. The van der Waals surface area contributed by atoms with Crippen LogP contribution in [-0.2, 0) is 4.79 Å². The second kappa shape index (κ2) is 11.4. The average Bonchev–Trinajstić information content (AvgIpc) is 2.40. The fraction of sp³-hybridized carbons (Fsp3) is 0.933. The van der Waals surface area contributed by atoms with Gasteiger partial charge in [0.2, 0.25) is 5.91 Å². The molecule has 1 fully saturated rings. The van der Waals surface area contributed by atoms with E-state index in [1.54, 1.807) is 0 Å². The first-order valence-corrected chi connectivity index (χ1v) is 7.92. The van der Waals surface area contributed by atoms with Crippen LogP contribution in [0.1, 0.15) is 58.8 Å². The molecule has 5 heteroatoms. The van der Waals surface area contributed by atoms with Crippen LogP contribution in [0.5, 0.6) is 0 Å². The third-order valence-electron chi connectivity index (χ3n) is 4.05. The van der Waals surface area contributed by atoms with Crippen molar-refractivity contribution in [1.29, 1.82) is 0 Å². The molecule has 0 saturated carbocycles. The molecule has 20 heavy (non-hydrogen) atoms. The highest BCUT2D eigenvalue weighted by Gasteiger charge is 2.17. The Balaban J connectivity index is 0.00000361. The van der Waals surface area contributed by atoms with Gasteiger partial charge in [-0.05, 0) is 52.1 Å². The normalized spacial score (nSPS) is 21.1. The van der Waals surface area contributed by atoms with Gasteiger partial charge < -0.3 is 16.0 Å². The number of piperidine rings is 1. The van der Waals surface area contributed by atoms with E-state index in [-0.39, 0.29) is 24.4 Å². The van der Waals surface area contributed by atoms with Crippen molar-refractivity contribution in [1.82, 2.24) is 10.2 Å². The number of carbonyl (C=O) groups excluding carboxylic acids is 1. The van der Waals surface area contributed by atoms with Crippen molar-refractivity contribution in [2.45, 2.75) is 70.9 Å². The molecule has 0 aromatic rings. The van der Waals surface area contributed by atoms with Gasteiger partial charge >= 0.3 is 0 Å². The van der Waals surface area contributed by atoms with Crippen LogP contribution in [-0.4, -0.2) is 42.5 Å².